The molecule has 2 atom stereocenters. The van der Waals surface area contributed by atoms with Crippen LogP contribution in [0.4, 0.5) is 0 Å². The predicted molar refractivity (Wildman–Crippen MR) is 217 cm³/mol. The summed E-state index contributed by atoms with van der Waals surface area (Å²) >= 11 is 0. The minimum atomic E-state index is -4.63. The second kappa shape index (κ2) is 35.7. The Labute approximate surface area is 324 Å². The summed E-state index contributed by atoms with van der Waals surface area (Å²) in [6, 6.07) is 0. The summed E-state index contributed by atoms with van der Waals surface area (Å²) in [5, 5.41) is 0. The molecule has 0 aromatic rings. The van der Waals surface area contributed by atoms with Crippen LogP contribution in [0.3, 0.4) is 0 Å². The molecule has 0 saturated carbocycles. The molecule has 0 fully saturated rings. The highest BCUT2D eigenvalue weighted by Crippen LogP contribution is 2.38. The lowest BCUT2D eigenvalue weighted by Gasteiger charge is -2.28. The SMILES string of the molecule is CCCC/C=C/C/C=C/CCCCCCCC(=O)O[C@H](COC(=O)CCCC/C=C/C/C=C/CCCCCCCC)COP(=O)([O-])OCC[N+](C)(C)C. The molecule has 308 valence electrons. The van der Waals surface area contributed by atoms with E-state index in [4.69, 9.17) is 18.5 Å². The van der Waals surface area contributed by atoms with E-state index in [9.17, 15) is 19.0 Å². The lowest BCUT2D eigenvalue weighted by molar-refractivity contribution is -0.870. The Morgan fingerprint density at radius 3 is 1.58 bits per heavy atom. The fourth-order valence-corrected chi connectivity index (χ4v) is 5.96. The first-order valence-corrected chi connectivity index (χ1v) is 22.3. The van der Waals surface area contributed by atoms with Crippen LogP contribution in [-0.4, -0.2) is 70.0 Å². The minimum Gasteiger partial charge on any atom is -0.756 e. The Kier molecular flexibility index (Phi) is 34.3. The molecule has 0 N–H and O–H groups in total. The molecule has 1 unspecified atom stereocenters. The van der Waals surface area contributed by atoms with E-state index in [1.165, 1.54) is 51.4 Å². The average molecular weight is 768 g/mol. The van der Waals surface area contributed by atoms with Crippen LogP contribution in [0.15, 0.2) is 48.6 Å². The van der Waals surface area contributed by atoms with Gasteiger partial charge in [-0.1, -0.05) is 127 Å². The molecule has 0 aromatic heterocycles. The molecule has 0 amide bonds. The molecule has 0 aliphatic carbocycles. The molecule has 53 heavy (non-hydrogen) atoms. The van der Waals surface area contributed by atoms with Crippen molar-refractivity contribution in [1.29, 1.82) is 0 Å². The molecule has 0 radical (unpaired) electrons. The van der Waals surface area contributed by atoms with Gasteiger partial charge in [0.15, 0.2) is 6.10 Å². The van der Waals surface area contributed by atoms with E-state index in [0.717, 1.165) is 70.6 Å². The highest BCUT2D eigenvalue weighted by atomic mass is 31.2. The first-order chi connectivity index (χ1) is 25.5. The quantitative estimate of drug-likeness (QED) is 0.0202. The van der Waals surface area contributed by atoms with E-state index in [0.29, 0.717) is 23.9 Å². The van der Waals surface area contributed by atoms with Gasteiger partial charge in [-0.05, 0) is 70.6 Å². The van der Waals surface area contributed by atoms with Gasteiger partial charge >= 0.3 is 11.9 Å². The van der Waals surface area contributed by atoms with Crippen molar-refractivity contribution in [3.8, 4) is 0 Å². The lowest BCUT2D eigenvalue weighted by atomic mass is 10.1. The molecule has 0 bridgehead atoms. The number of unbranched alkanes of at least 4 members (excludes halogenated alkanes) is 15. The smallest absolute Gasteiger partial charge is 0.306 e. The third kappa shape index (κ3) is 39.5. The number of phosphoric ester groups is 1. The summed E-state index contributed by atoms with van der Waals surface area (Å²) in [5.41, 5.74) is 0. The second-order valence-corrected chi connectivity index (χ2v) is 16.4. The van der Waals surface area contributed by atoms with Crippen molar-refractivity contribution in [2.75, 3.05) is 47.5 Å². The minimum absolute atomic E-state index is 0.0401. The number of esters is 2. The standard InChI is InChI=1S/C43H78NO8P/c1-6-8-10-12-14-16-18-20-22-24-25-27-29-31-33-35-42(45)49-39-41(40-51-53(47,48)50-38-37-44(3,4)5)52-43(46)36-34-32-30-28-26-23-21-19-17-15-13-11-9-7-2/h13,15,19-22,25,27,41H,6-12,14,16-18,23-24,26,28-40H2,1-5H3/b15-13+,21-19+,22-20+,27-25+/t41-/m1/s1. The first-order valence-electron chi connectivity index (χ1n) is 20.8. The summed E-state index contributed by atoms with van der Waals surface area (Å²) in [6.45, 7) is 4.11. The molecule has 0 rings (SSSR count). The van der Waals surface area contributed by atoms with Crippen molar-refractivity contribution in [2.24, 2.45) is 0 Å². The number of carbonyl (C=O) groups excluding carboxylic acids is 2. The van der Waals surface area contributed by atoms with Crippen molar-refractivity contribution >= 4 is 19.8 Å². The molecule has 0 spiro atoms. The van der Waals surface area contributed by atoms with Gasteiger partial charge in [0, 0.05) is 12.8 Å². The average Bonchev–Trinajstić information content (AvgIpc) is 3.10. The van der Waals surface area contributed by atoms with Crippen LogP contribution in [0, 0.1) is 0 Å². The zero-order valence-corrected chi connectivity index (χ0v) is 35.3. The molecular formula is C43H78NO8P. The first kappa shape index (κ1) is 51.0. The van der Waals surface area contributed by atoms with E-state index in [1.807, 2.05) is 21.1 Å². The molecule has 9 nitrogen and oxygen atoms in total. The van der Waals surface area contributed by atoms with E-state index in [-0.39, 0.29) is 26.1 Å². The third-order valence-electron chi connectivity index (χ3n) is 8.57. The van der Waals surface area contributed by atoms with Gasteiger partial charge in [-0.2, -0.15) is 0 Å². The van der Waals surface area contributed by atoms with Crippen LogP contribution in [0.25, 0.3) is 0 Å². The molecule has 10 heteroatoms. The largest absolute Gasteiger partial charge is 0.756 e. The maximum absolute atomic E-state index is 12.6. The number of allylic oxidation sites excluding steroid dienone is 8. The molecular weight excluding hydrogens is 689 g/mol. The van der Waals surface area contributed by atoms with Gasteiger partial charge in [0.1, 0.15) is 19.8 Å². The number of hydrogen-bond acceptors (Lipinski definition) is 8. The zero-order valence-electron chi connectivity index (χ0n) is 34.4. The summed E-state index contributed by atoms with van der Waals surface area (Å²) in [6.07, 6.45) is 39.9. The second-order valence-electron chi connectivity index (χ2n) is 15.0. The summed E-state index contributed by atoms with van der Waals surface area (Å²) in [4.78, 5) is 37.4. The number of carbonyl (C=O) groups is 2. The third-order valence-corrected chi connectivity index (χ3v) is 9.54. The number of quaternary nitrogens is 1. The van der Waals surface area contributed by atoms with Crippen molar-refractivity contribution in [2.45, 2.75) is 168 Å². The van der Waals surface area contributed by atoms with Gasteiger partial charge in [-0.25, -0.2) is 0 Å². The maximum atomic E-state index is 12.6. The molecule has 0 aliphatic rings. The Bertz CT molecular complexity index is 1050. The van der Waals surface area contributed by atoms with Gasteiger partial charge in [0.2, 0.25) is 0 Å². The van der Waals surface area contributed by atoms with Gasteiger partial charge in [0.25, 0.3) is 7.82 Å². The van der Waals surface area contributed by atoms with Crippen LogP contribution < -0.4 is 4.89 Å². The van der Waals surface area contributed by atoms with E-state index in [1.54, 1.807) is 0 Å². The van der Waals surface area contributed by atoms with Gasteiger partial charge in [-0.3, -0.25) is 14.2 Å². The Hall–Kier alpha value is -2.03. The molecule has 0 heterocycles. The number of ether oxygens (including phenoxy) is 2. The highest BCUT2D eigenvalue weighted by Gasteiger charge is 2.21. The Balaban J connectivity index is 4.48. The van der Waals surface area contributed by atoms with Crippen LogP contribution in [0.1, 0.15) is 162 Å². The Morgan fingerprint density at radius 1 is 0.585 bits per heavy atom. The zero-order chi connectivity index (χ0) is 39.3. The normalized spacial score (nSPS) is 14.2. The molecule has 0 aliphatic heterocycles. The highest BCUT2D eigenvalue weighted by molar-refractivity contribution is 7.45. The number of likely N-dealkylation sites (N-methyl/N-ethyl adjacent to an activating group) is 1. The van der Waals surface area contributed by atoms with Crippen LogP contribution >= 0.6 is 7.82 Å². The summed E-state index contributed by atoms with van der Waals surface area (Å²) in [7, 11) is 1.13. The van der Waals surface area contributed by atoms with Crippen molar-refractivity contribution < 1.29 is 42.1 Å². The number of phosphoric acid groups is 1. The Morgan fingerprint density at radius 2 is 1.04 bits per heavy atom. The van der Waals surface area contributed by atoms with Crippen molar-refractivity contribution in [3.05, 3.63) is 48.6 Å². The fourth-order valence-electron chi connectivity index (χ4n) is 5.23. The predicted octanol–water partition coefficient (Wildman–Crippen LogP) is 10.9. The van der Waals surface area contributed by atoms with Crippen molar-refractivity contribution in [1.82, 2.24) is 0 Å². The topological polar surface area (TPSA) is 111 Å². The van der Waals surface area contributed by atoms with Gasteiger partial charge in [-0.15, -0.1) is 0 Å². The van der Waals surface area contributed by atoms with Gasteiger partial charge in [0.05, 0.1) is 27.7 Å². The number of nitrogens with zero attached hydrogens (tertiary/aromatic N) is 1. The van der Waals surface area contributed by atoms with E-state index >= 15 is 0 Å². The monoisotopic (exact) mass is 768 g/mol. The van der Waals surface area contributed by atoms with Crippen LogP contribution in [-0.2, 0) is 32.7 Å². The van der Waals surface area contributed by atoms with Crippen LogP contribution in [0.2, 0.25) is 0 Å². The maximum Gasteiger partial charge on any atom is 0.306 e. The summed E-state index contributed by atoms with van der Waals surface area (Å²) in [5.74, 6) is -0.893. The van der Waals surface area contributed by atoms with E-state index in [2.05, 4.69) is 62.5 Å². The summed E-state index contributed by atoms with van der Waals surface area (Å²) < 4.78 is 33.8. The van der Waals surface area contributed by atoms with Crippen LogP contribution in [0.5, 0.6) is 0 Å². The number of rotatable bonds is 37. The van der Waals surface area contributed by atoms with Gasteiger partial charge < -0.3 is 27.9 Å². The van der Waals surface area contributed by atoms with E-state index < -0.39 is 32.5 Å². The molecule has 0 saturated heterocycles. The van der Waals surface area contributed by atoms with Crippen molar-refractivity contribution in [3.63, 3.8) is 0 Å². The lowest BCUT2D eigenvalue weighted by Crippen LogP contribution is -2.37. The molecule has 0 aromatic carbocycles. The fraction of sp³-hybridized carbons (Fsp3) is 0.767. The number of hydrogen-bond donors (Lipinski definition) is 0.